The zero-order chi connectivity index (χ0) is 14.2. The van der Waals surface area contributed by atoms with E-state index in [0.717, 1.165) is 16.7 Å². The Morgan fingerprint density at radius 2 is 1.47 bits per heavy atom. The van der Waals surface area contributed by atoms with Crippen molar-refractivity contribution in [3.05, 3.63) is 69.5 Å². The molecule has 0 fully saturated rings. The van der Waals surface area contributed by atoms with Crippen LogP contribution in [0.25, 0.3) is 0 Å². The quantitative estimate of drug-likeness (QED) is 0.861. The van der Waals surface area contributed by atoms with Gasteiger partial charge in [-0.1, -0.05) is 24.3 Å². The maximum Gasteiger partial charge on any atom is 0.126 e. The zero-order valence-electron chi connectivity index (χ0n) is 11.9. The summed E-state index contributed by atoms with van der Waals surface area (Å²) in [7, 11) is 0. The van der Waals surface area contributed by atoms with Gasteiger partial charge in [-0.05, 0) is 67.1 Å². The summed E-state index contributed by atoms with van der Waals surface area (Å²) in [6.45, 7) is 7.96. The molecule has 0 bridgehead atoms. The van der Waals surface area contributed by atoms with E-state index in [1.807, 2.05) is 13.0 Å². The molecule has 0 aliphatic heterocycles. The van der Waals surface area contributed by atoms with Crippen molar-refractivity contribution in [3.63, 3.8) is 0 Å². The zero-order valence-corrected chi connectivity index (χ0v) is 11.9. The molecule has 1 atom stereocenters. The van der Waals surface area contributed by atoms with Crippen LogP contribution in [0, 0.1) is 33.5 Å². The van der Waals surface area contributed by atoms with E-state index in [-0.39, 0.29) is 11.9 Å². The number of nitrogens with two attached hydrogens (primary N) is 1. The molecule has 2 heteroatoms. The van der Waals surface area contributed by atoms with E-state index < -0.39 is 0 Å². The summed E-state index contributed by atoms with van der Waals surface area (Å²) >= 11 is 0. The molecule has 1 unspecified atom stereocenters. The smallest absolute Gasteiger partial charge is 0.126 e. The lowest BCUT2D eigenvalue weighted by Gasteiger charge is -2.17. The fourth-order valence-corrected chi connectivity index (χ4v) is 2.30. The molecule has 2 aromatic carbocycles. The molecule has 0 spiro atoms. The van der Waals surface area contributed by atoms with Gasteiger partial charge in [-0.25, -0.2) is 4.39 Å². The van der Waals surface area contributed by atoms with E-state index in [0.29, 0.717) is 5.56 Å². The van der Waals surface area contributed by atoms with Crippen LogP contribution in [0.15, 0.2) is 30.3 Å². The fourth-order valence-electron chi connectivity index (χ4n) is 2.30. The second-order valence-electron chi connectivity index (χ2n) is 5.28. The Hall–Kier alpha value is -1.67. The van der Waals surface area contributed by atoms with Gasteiger partial charge in [0.2, 0.25) is 0 Å². The van der Waals surface area contributed by atoms with Crippen LogP contribution in [0.4, 0.5) is 4.39 Å². The molecule has 0 heterocycles. The summed E-state index contributed by atoms with van der Waals surface area (Å²) in [5, 5.41) is 0. The molecule has 1 nitrogen and oxygen atoms in total. The Labute approximate surface area is 114 Å². The molecule has 0 aliphatic carbocycles. The first-order valence-corrected chi connectivity index (χ1v) is 6.49. The standard InChI is InChI=1S/C17H20FN/c1-10-5-6-14(9-16(10)18)17(19)15-8-12(3)11(2)7-13(15)4/h5-9,17H,19H2,1-4H3. The largest absolute Gasteiger partial charge is 0.320 e. The molecule has 2 rings (SSSR count). The summed E-state index contributed by atoms with van der Waals surface area (Å²) in [6, 6.07) is 9.17. The van der Waals surface area contributed by atoms with E-state index in [4.69, 9.17) is 5.73 Å². The molecule has 100 valence electrons. The lowest BCUT2D eigenvalue weighted by atomic mass is 9.92. The average Bonchev–Trinajstić information content (AvgIpc) is 2.36. The van der Waals surface area contributed by atoms with Gasteiger partial charge >= 0.3 is 0 Å². The summed E-state index contributed by atoms with van der Waals surface area (Å²) in [5.74, 6) is -0.200. The van der Waals surface area contributed by atoms with Crippen LogP contribution in [-0.2, 0) is 0 Å². The minimum atomic E-state index is -0.283. The van der Waals surface area contributed by atoms with Crippen molar-refractivity contribution in [3.8, 4) is 0 Å². The molecule has 19 heavy (non-hydrogen) atoms. The first kappa shape index (κ1) is 13.8. The minimum Gasteiger partial charge on any atom is -0.320 e. The molecule has 0 radical (unpaired) electrons. The Morgan fingerprint density at radius 1 is 0.842 bits per heavy atom. The van der Waals surface area contributed by atoms with Crippen molar-refractivity contribution >= 4 is 0 Å². The van der Waals surface area contributed by atoms with Crippen molar-refractivity contribution in [1.82, 2.24) is 0 Å². The first-order valence-electron chi connectivity index (χ1n) is 6.49. The van der Waals surface area contributed by atoms with Crippen LogP contribution in [0.3, 0.4) is 0 Å². The number of hydrogen-bond donors (Lipinski definition) is 1. The fraction of sp³-hybridized carbons (Fsp3) is 0.294. The van der Waals surface area contributed by atoms with Gasteiger partial charge in [-0.3, -0.25) is 0 Å². The Bertz CT molecular complexity index is 617. The molecule has 2 aromatic rings. The predicted octanol–water partition coefficient (Wildman–Crippen LogP) is 4.11. The highest BCUT2D eigenvalue weighted by molar-refractivity contribution is 5.42. The molecule has 2 N–H and O–H groups in total. The Morgan fingerprint density at radius 3 is 2.11 bits per heavy atom. The third kappa shape index (κ3) is 2.69. The molecule has 0 saturated heterocycles. The molecule has 0 aromatic heterocycles. The van der Waals surface area contributed by atoms with Gasteiger partial charge in [0.1, 0.15) is 5.82 Å². The van der Waals surface area contributed by atoms with Crippen molar-refractivity contribution in [1.29, 1.82) is 0 Å². The SMILES string of the molecule is Cc1cc(C)c(C(N)c2ccc(C)c(F)c2)cc1C. The number of hydrogen-bond acceptors (Lipinski definition) is 1. The summed E-state index contributed by atoms with van der Waals surface area (Å²) in [4.78, 5) is 0. The summed E-state index contributed by atoms with van der Waals surface area (Å²) < 4.78 is 13.6. The van der Waals surface area contributed by atoms with Crippen molar-refractivity contribution in [2.75, 3.05) is 0 Å². The minimum absolute atomic E-state index is 0.200. The van der Waals surface area contributed by atoms with Gasteiger partial charge in [0, 0.05) is 0 Å². The van der Waals surface area contributed by atoms with Crippen molar-refractivity contribution in [2.24, 2.45) is 5.73 Å². The van der Waals surface area contributed by atoms with Crippen LogP contribution in [0.2, 0.25) is 0 Å². The van der Waals surface area contributed by atoms with Gasteiger partial charge < -0.3 is 5.73 Å². The maximum atomic E-state index is 13.6. The van der Waals surface area contributed by atoms with Gasteiger partial charge in [0.05, 0.1) is 6.04 Å². The first-order chi connectivity index (χ1) is 8.90. The van der Waals surface area contributed by atoms with E-state index in [2.05, 4.69) is 26.0 Å². The molecule has 0 saturated carbocycles. The van der Waals surface area contributed by atoms with Gasteiger partial charge in [0.15, 0.2) is 0 Å². The van der Waals surface area contributed by atoms with E-state index in [1.165, 1.54) is 17.2 Å². The van der Waals surface area contributed by atoms with Crippen molar-refractivity contribution in [2.45, 2.75) is 33.7 Å². The summed E-state index contributed by atoms with van der Waals surface area (Å²) in [6.07, 6.45) is 0. The molecular weight excluding hydrogens is 237 g/mol. The second kappa shape index (κ2) is 5.14. The number of aryl methyl sites for hydroxylation is 4. The van der Waals surface area contributed by atoms with E-state index >= 15 is 0 Å². The van der Waals surface area contributed by atoms with E-state index in [1.54, 1.807) is 13.0 Å². The Balaban J connectivity index is 2.46. The van der Waals surface area contributed by atoms with Crippen LogP contribution >= 0.6 is 0 Å². The third-order valence-electron chi connectivity index (χ3n) is 3.77. The maximum absolute atomic E-state index is 13.6. The van der Waals surface area contributed by atoms with Crippen LogP contribution < -0.4 is 5.73 Å². The van der Waals surface area contributed by atoms with Gasteiger partial charge in [0.25, 0.3) is 0 Å². The number of halogens is 1. The Kier molecular flexibility index (Phi) is 3.72. The monoisotopic (exact) mass is 257 g/mol. The highest BCUT2D eigenvalue weighted by Crippen LogP contribution is 2.26. The van der Waals surface area contributed by atoms with Crippen LogP contribution in [0.5, 0.6) is 0 Å². The highest BCUT2D eigenvalue weighted by atomic mass is 19.1. The third-order valence-corrected chi connectivity index (χ3v) is 3.77. The molecule has 0 amide bonds. The van der Waals surface area contributed by atoms with E-state index in [9.17, 15) is 4.39 Å². The highest BCUT2D eigenvalue weighted by Gasteiger charge is 2.14. The number of rotatable bonds is 2. The topological polar surface area (TPSA) is 26.0 Å². The molecular formula is C17H20FN. The molecule has 0 aliphatic rings. The van der Waals surface area contributed by atoms with Gasteiger partial charge in [-0.2, -0.15) is 0 Å². The van der Waals surface area contributed by atoms with Crippen molar-refractivity contribution < 1.29 is 4.39 Å². The van der Waals surface area contributed by atoms with Crippen LogP contribution in [-0.4, -0.2) is 0 Å². The normalized spacial score (nSPS) is 12.5. The van der Waals surface area contributed by atoms with Crippen LogP contribution in [0.1, 0.15) is 39.4 Å². The number of benzene rings is 2. The summed E-state index contributed by atoms with van der Waals surface area (Å²) in [5.41, 5.74) is 12.4. The van der Waals surface area contributed by atoms with Gasteiger partial charge in [-0.15, -0.1) is 0 Å². The average molecular weight is 257 g/mol. The predicted molar refractivity (Wildman–Crippen MR) is 77.8 cm³/mol. The second-order valence-corrected chi connectivity index (χ2v) is 5.28. The lowest BCUT2D eigenvalue weighted by Crippen LogP contribution is -2.14. The lowest BCUT2D eigenvalue weighted by molar-refractivity contribution is 0.614.